The van der Waals surface area contributed by atoms with Crippen molar-refractivity contribution >= 4 is 5.78 Å². The lowest BCUT2D eigenvalue weighted by Gasteiger charge is -2.21. The van der Waals surface area contributed by atoms with Gasteiger partial charge < -0.3 is 0 Å². The molecule has 2 aromatic rings. The first-order chi connectivity index (χ1) is 12.7. The lowest BCUT2D eigenvalue weighted by molar-refractivity contribution is 0.0977. The van der Waals surface area contributed by atoms with E-state index in [1.165, 1.54) is 17.7 Å². The van der Waals surface area contributed by atoms with Gasteiger partial charge in [-0.05, 0) is 30.5 Å². The number of hydrogen-bond acceptors (Lipinski definition) is 1. The van der Waals surface area contributed by atoms with Crippen molar-refractivity contribution in [2.24, 2.45) is 0 Å². The highest BCUT2D eigenvalue weighted by Gasteiger charge is 2.21. The maximum Gasteiger partial charge on any atom is 0.163 e. The summed E-state index contributed by atoms with van der Waals surface area (Å²) >= 11 is 0. The molecule has 0 bridgehead atoms. The van der Waals surface area contributed by atoms with Gasteiger partial charge in [0.25, 0.3) is 0 Å². The van der Waals surface area contributed by atoms with Gasteiger partial charge in [0.15, 0.2) is 5.78 Å². The van der Waals surface area contributed by atoms with Crippen molar-refractivity contribution in [1.29, 1.82) is 0 Å². The Morgan fingerprint density at radius 1 is 1.08 bits per heavy atom. The average Bonchev–Trinajstić information content (AvgIpc) is 2.67. The summed E-state index contributed by atoms with van der Waals surface area (Å²) < 4.78 is 13.4. The minimum absolute atomic E-state index is 0.0573. The molecule has 1 nitrogen and oxygen atoms in total. The highest BCUT2D eigenvalue weighted by molar-refractivity contribution is 5.96. The first-order valence-electron chi connectivity index (χ1n) is 9.31. The highest BCUT2D eigenvalue weighted by Crippen LogP contribution is 2.33. The number of benzene rings is 2. The van der Waals surface area contributed by atoms with Gasteiger partial charge in [0, 0.05) is 17.9 Å². The topological polar surface area (TPSA) is 17.1 Å². The summed E-state index contributed by atoms with van der Waals surface area (Å²) in [5, 5.41) is 0. The van der Waals surface area contributed by atoms with Crippen LogP contribution < -0.4 is 0 Å². The van der Waals surface area contributed by atoms with Crippen LogP contribution in [-0.4, -0.2) is 5.78 Å². The van der Waals surface area contributed by atoms with Gasteiger partial charge >= 0.3 is 0 Å². The minimum Gasteiger partial charge on any atom is -0.294 e. The van der Waals surface area contributed by atoms with E-state index < -0.39 is 0 Å². The molecular weight excluding hydrogens is 323 g/mol. The second-order valence-corrected chi connectivity index (χ2v) is 6.53. The molecule has 0 saturated carbocycles. The van der Waals surface area contributed by atoms with E-state index in [1.807, 2.05) is 36.4 Å². The van der Waals surface area contributed by atoms with Crippen molar-refractivity contribution < 1.29 is 9.18 Å². The van der Waals surface area contributed by atoms with Crippen molar-refractivity contribution in [2.75, 3.05) is 0 Å². The molecule has 2 rings (SSSR count). The zero-order valence-electron chi connectivity index (χ0n) is 15.5. The second-order valence-electron chi connectivity index (χ2n) is 6.53. The van der Waals surface area contributed by atoms with Crippen LogP contribution in [-0.2, 0) is 0 Å². The Morgan fingerprint density at radius 2 is 1.77 bits per heavy atom. The Hall–Kier alpha value is -2.48. The maximum atomic E-state index is 13.4. The number of Topliss-reactive ketones (excluding diaryl/α,β-unsaturated/α-hetero) is 1. The number of rotatable bonds is 10. The number of carbonyl (C=O) groups is 1. The third-order valence-electron chi connectivity index (χ3n) is 4.61. The molecule has 136 valence electrons. The minimum atomic E-state index is -0.262. The third kappa shape index (κ3) is 5.80. The van der Waals surface area contributed by atoms with Crippen LogP contribution in [0.3, 0.4) is 0 Å². The first-order valence-corrected chi connectivity index (χ1v) is 9.31. The Kier molecular flexibility index (Phi) is 8.01. The molecule has 0 fully saturated rings. The number of hydrogen-bond donors (Lipinski definition) is 0. The highest BCUT2D eigenvalue weighted by atomic mass is 19.1. The molecule has 26 heavy (non-hydrogen) atoms. The molecule has 0 aromatic heterocycles. The second kappa shape index (κ2) is 10.5. The van der Waals surface area contributed by atoms with Gasteiger partial charge in [0.2, 0.25) is 0 Å². The standard InChI is InChI=1S/C24H27FO/c1-3-5-7-11-19(10-4-2)23(20-14-16-22(25)17-15-20)18-24(26)21-12-8-6-9-13-21/h4,6,8-10,12-17,23H,2-3,5,7,11,18H2,1H3/b19-10+. The van der Waals surface area contributed by atoms with E-state index in [2.05, 4.69) is 13.5 Å². The van der Waals surface area contributed by atoms with Crippen LogP contribution in [0.1, 0.15) is 60.9 Å². The van der Waals surface area contributed by atoms with Crippen molar-refractivity contribution in [3.63, 3.8) is 0 Å². The van der Waals surface area contributed by atoms with Crippen LogP contribution in [0.2, 0.25) is 0 Å². The smallest absolute Gasteiger partial charge is 0.163 e. The lowest BCUT2D eigenvalue weighted by Crippen LogP contribution is -2.11. The number of unbranched alkanes of at least 4 members (excludes halogenated alkanes) is 2. The molecule has 0 aliphatic heterocycles. The fourth-order valence-electron chi connectivity index (χ4n) is 3.19. The molecule has 0 saturated heterocycles. The molecule has 1 atom stereocenters. The fraction of sp³-hybridized carbons (Fsp3) is 0.292. The van der Waals surface area contributed by atoms with Crippen LogP contribution in [0, 0.1) is 5.82 Å². The maximum absolute atomic E-state index is 13.4. The van der Waals surface area contributed by atoms with Gasteiger partial charge in [0.1, 0.15) is 5.82 Å². The van der Waals surface area contributed by atoms with Crippen molar-refractivity contribution in [3.8, 4) is 0 Å². The third-order valence-corrected chi connectivity index (χ3v) is 4.61. The van der Waals surface area contributed by atoms with E-state index >= 15 is 0 Å². The summed E-state index contributed by atoms with van der Waals surface area (Å²) in [4.78, 5) is 12.8. The van der Waals surface area contributed by atoms with E-state index in [9.17, 15) is 9.18 Å². The SMILES string of the molecule is C=C/C=C(\CCCCC)C(CC(=O)c1ccccc1)c1ccc(F)cc1. The summed E-state index contributed by atoms with van der Waals surface area (Å²) in [7, 11) is 0. The van der Waals surface area contributed by atoms with Gasteiger partial charge in [-0.2, -0.15) is 0 Å². The monoisotopic (exact) mass is 350 g/mol. The van der Waals surface area contributed by atoms with Crippen molar-refractivity contribution in [2.45, 2.75) is 44.9 Å². The molecule has 0 amide bonds. The Bertz CT molecular complexity index is 729. The molecule has 0 aliphatic carbocycles. The van der Waals surface area contributed by atoms with E-state index in [1.54, 1.807) is 18.2 Å². The number of halogens is 1. The molecule has 0 aliphatic rings. The van der Waals surface area contributed by atoms with E-state index in [4.69, 9.17) is 0 Å². The quantitative estimate of drug-likeness (QED) is 0.259. The van der Waals surface area contributed by atoms with Crippen LogP contribution in [0.15, 0.2) is 78.9 Å². The molecule has 2 aromatic carbocycles. The molecule has 2 heteroatoms. The van der Waals surface area contributed by atoms with E-state index in [0.717, 1.165) is 31.2 Å². The summed E-state index contributed by atoms with van der Waals surface area (Å²) in [6, 6.07) is 15.9. The zero-order chi connectivity index (χ0) is 18.8. The van der Waals surface area contributed by atoms with Gasteiger partial charge in [-0.25, -0.2) is 4.39 Å². The van der Waals surface area contributed by atoms with E-state index in [-0.39, 0.29) is 17.5 Å². The summed E-state index contributed by atoms with van der Waals surface area (Å²) in [6.45, 7) is 6.01. The van der Waals surface area contributed by atoms with Gasteiger partial charge in [-0.3, -0.25) is 4.79 Å². The Balaban J connectivity index is 2.30. The number of allylic oxidation sites excluding steroid dienone is 3. The molecular formula is C24H27FO. The van der Waals surface area contributed by atoms with Crippen LogP contribution >= 0.6 is 0 Å². The van der Waals surface area contributed by atoms with Gasteiger partial charge in [0.05, 0.1) is 0 Å². The predicted molar refractivity (Wildman–Crippen MR) is 107 cm³/mol. The van der Waals surface area contributed by atoms with Crippen molar-refractivity contribution in [1.82, 2.24) is 0 Å². The van der Waals surface area contributed by atoms with Crippen LogP contribution in [0.25, 0.3) is 0 Å². The summed E-state index contributed by atoms with van der Waals surface area (Å²) in [6.07, 6.45) is 8.47. The number of carbonyl (C=O) groups excluding carboxylic acids is 1. The zero-order valence-corrected chi connectivity index (χ0v) is 15.5. The molecule has 0 spiro atoms. The lowest BCUT2D eigenvalue weighted by atomic mass is 9.83. The molecule has 1 unspecified atom stereocenters. The largest absolute Gasteiger partial charge is 0.294 e. The van der Waals surface area contributed by atoms with Crippen molar-refractivity contribution in [3.05, 3.63) is 95.8 Å². The molecule has 0 radical (unpaired) electrons. The van der Waals surface area contributed by atoms with Crippen LogP contribution in [0.4, 0.5) is 4.39 Å². The Morgan fingerprint density at radius 3 is 2.38 bits per heavy atom. The first kappa shape index (κ1) is 19.8. The number of ketones is 1. The molecule has 0 heterocycles. The fourth-order valence-corrected chi connectivity index (χ4v) is 3.19. The average molecular weight is 350 g/mol. The van der Waals surface area contributed by atoms with Crippen LogP contribution in [0.5, 0.6) is 0 Å². The molecule has 0 N–H and O–H groups in total. The van der Waals surface area contributed by atoms with E-state index in [0.29, 0.717) is 12.0 Å². The van der Waals surface area contributed by atoms with Gasteiger partial charge in [-0.15, -0.1) is 0 Å². The summed E-state index contributed by atoms with van der Waals surface area (Å²) in [5.41, 5.74) is 2.87. The van der Waals surface area contributed by atoms with Gasteiger partial charge in [-0.1, -0.05) is 86.5 Å². The Labute approximate surface area is 156 Å². The summed E-state index contributed by atoms with van der Waals surface area (Å²) in [5.74, 6) is -0.217. The normalized spacial score (nSPS) is 12.6. The predicted octanol–water partition coefficient (Wildman–Crippen LogP) is 6.88.